The third kappa shape index (κ3) is 3.75. The third-order valence-corrected chi connectivity index (χ3v) is 5.73. The molecule has 152 valence electrons. The van der Waals surface area contributed by atoms with Crippen molar-refractivity contribution in [2.75, 3.05) is 0 Å². The van der Waals surface area contributed by atoms with Gasteiger partial charge in [-0.2, -0.15) is 0 Å². The monoisotopic (exact) mass is 410 g/mol. The van der Waals surface area contributed by atoms with Gasteiger partial charge in [-0.3, -0.25) is 4.98 Å². The van der Waals surface area contributed by atoms with Crippen molar-refractivity contribution >= 4 is 39.0 Å². The lowest BCUT2D eigenvalue weighted by molar-refractivity contribution is 1.41. The first-order valence-corrected chi connectivity index (χ1v) is 10.6. The second-order valence-corrected chi connectivity index (χ2v) is 7.75. The number of nitrogens with one attached hydrogen (secondary N) is 1. The molecule has 0 amide bonds. The van der Waals surface area contributed by atoms with Gasteiger partial charge in [-0.1, -0.05) is 97.6 Å². The van der Waals surface area contributed by atoms with Crippen molar-refractivity contribution < 1.29 is 0 Å². The molecule has 1 N–H and O–H groups in total. The smallest absolute Gasteiger partial charge is 0.0707 e. The zero-order valence-electron chi connectivity index (χ0n) is 17.6. The summed E-state index contributed by atoms with van der Waals surface area (Å²) in [6.45, 7) is 4.27. The topological polar surface area (TPSA) is 36.7 Å². The molecule has 0 aliphatic rings. The van der Waals surface area contributed by atoms with Crippen LogP contribution < -0.4 is 0 Å². The van der Waals surface area contributed by atoms with Gasteiger partial charge in [0.05, 0.1) is 11.2 Å². The molecule has 0 spiro atoms. The van der Waals surface area contributed by atoms with Crippen LogP contribution in [0.25, 0.3) is 44.5 Å². The maximum absolute atomic E-state index is 8.66. The fraction of sp³-hybridized carbons (Fsp3) is 0. The number of fused-ring (bicyclic) bond motifs is 2. The van der Waals surface area contributed by atoms with Gasteiger partial charge in [0.15, 0.2) is 0 Å². The number of allylic oxidation sites excluding steroid dienone is 2. The summed E-state index contributed by atoms with van der Waals surface area (Å²) in [6, 6.07) is 33.0. The molecule has 2 heteroatoms. The van der Waals surface area contributed by atoms with Crippen LogP contribution in [0.3, 0.4) is 0 Å². The molecule has 0 unspecified atom stereocenters. The van der Waals surface area contributed by atoms with E-state index in [1.807, 2.05) is 54.6 Å². The summed E-state index contributed by atoms with van der Waals surface area (Å²) in [7, 11) is 0. The Labute approximate surface area is 187 Å². The van der Waals surface area contributed by atoms with Crippen molar-refractivity contribution in [3.05, 3.63) is 127 Å². The van der Waals surface area contributed by atoms with Gasteiger partial charge in [0.1, 0.15) is 0 Å². The van der Waals surface area contributed by atoms with Crippen LogP contribution >= 0.6 is 0 Å². The SMILES string of the molecule is C=C(C(=N)C=Cc1ccc2cccnc2c1)c1ccccc1-c1cccc2ccccc12. The molecule has 0 atom stereocenters. The van der Waals surface area contributed by atoms with Crippen LogP contribution in [0, 0.1) is 5.41 Å². The van der Waals surface area contributed by atoms with E-state index in [9.17, 15) is 0 Å². The molecule has 0 fully saturated rings. The van der Waals surface area contributed by atoms with Gasteiger partial charge in [-0.25, -0.2) is 0 Å². The van der Waals surface area contributed by atoms with Crippen molar-refractivity contribution in [3.8, 4) is 11.1 Å². The summed E-state index contributed by atoms with van der Waals surface area (Å²) in [5.74, 6) is 0. The normalized spacial score (nSPS) is 11.2. The van der Waals surface area contributed by atoms with Crippen LogP contribution in [-0.2, 0) is 0 Å². The Morgan fingerprint density at radius 1 is 0.750 bits per heavy atom. The van der Waals surface area contributed by atoms with Crippen LogP contribution in [-0.4, -0.2) is 10.7 Å². The van der Waals surface area contributed by atoms with Crippen molar-refractivity contribution in [1.82, 2.24) is 4.98 Å². The lowest BCUT2D eigenvalue weighted by Crippen LogP contribution is -1.98. The second-order valence-electron chi connectivity index (χ2n) is 7.75. The van der Waals surface area contributed by atoms with Gasteiger partial charge < -0.3 is 5.41 Å². The minimum atomic E-state index is 0.388. The summed E-state index contributed by atoms with van der Waals surface area (Å²) >= 11 is 0. The van der Waals surface area contributed by atoms with Crippen molar-refractivity contribution in [2.45, 2.75) is 0 Å². The van der Waals surface area contributed by atoms with Crippen LogP contribution in [0.15, 0.2) is 116 Å². The van der Waals surface area contributed by atoms with E-state index in [0.29, 0.717) is 11.3 Å². The van der Waals surface area contributed by atoms with E-state index >= 15 is 0 Å². The highest BCUT2D eigenvalue weighted by atomic mass is 14.6. The number of hydrogen-bond donors (Lipinski definition) is 1. The quantitative estimate of drug-likeness (QED) is 0.295. The molecule has 0 radical (unpaired) electrons. The lowest BCUT2D eigenvalue weighted by atomic mass is 9.90. The number of nitrogens with zero attached hydrogens (tertiary/aromatic N) is 1. The van der Waals surface area contributed by atoms with Gasteiger partial charge in [-0.15, -0.1) is 0 Å². The van der Waals surface area contributed by atoms with Gasteiger partial charge in [0.2, 0.25) is 0 Å². The van der Waals surface area contributed by atoms with E-state index in [2.05, 4.69) is 66.2 Å². The minimum Gasteiger partial charge on any atom is -0.300 e. The first-order chi connectivity index (χ1) is 15.7. The van der Waals surface area contributed by atoms with E-state index in [4.69, 9.17) is 5.41 Å². The summed E-state index contributed by atoms with van der Waals surface area (Å²) < 4.78 is 0. The number of rotatable bonds is 5. The molecule has 1 heterocycles. The van der Waals surface area contributed by atoms with Crippen molar-refractivity contribution in [3.63, 3.8) is 0 Å². The summed E-state index contributed by atoms with van der Waals surface area (Å²) in [6.07, 6.45) is 5.55. The third-order valence-electron chi connectivity index (χ3n) is 5.73. The zero-order chi connectivity index (χ0) is 21.9. The molecule has 0 aliphatic heterocycles. The largest absolute Gasteiger partial charge is 0.300 e. The van der Waals surface area contributed by atoms with E-state index in [1.165, 1.54) is 10.8 Å². The average Bonchev–Trinajstić information content (AvgIpc) is 2.86. The molecule has 0 bridgehead atoms. The molecule has 2 nitrogen and oxygen atoms in total. The highest BCUT2D eigenvalue weighted by molar-refractivity contribution is 6.29. The Balaban J connectivity index is 1.48. The number of aromatic nitrogens is 1. The molecule has 32 heavy (non-hydrogen) atoms. The Morgan fingerprint density at radius 3 is 2.44 bits per heavy atom. The number of pyridine rings is 1. The predicted octanol–water partition coefficient (Wildman–Crippen LogP) is 7.80. The van der Waals surface area contributed by atoms with Crippen LogP contribution in [0.2, 0.25) is 0 Å². The van der Waals surface area contributed by atoms with Crippen molar-refractivity contribution in [1.29, 1.82) is 5.41 Å². The predicted molar refractivity (Wildman–Crippen MR) is 137 cm³/mol. The Hall–Kier alpha value is -4.30. The highest BCUT2D eigenvalue weighted by Crippen LogP contribution is 2.34. The Kier molecular flexibility index (Phi) is 5.19. The van der Waals surface area contributed by atoms with Gasteiger partial charge in [0, 0.05) is 17.2 Å². The summed E-state index contributed by atoms with van der Waals surface area (Å²) in [5, 5.41) is 12.2. The van der Waals surface area contributed by atoms with Crippen LogP contribution in [0.1, 0.15) is 11.1 Å². The Morgan fingerprint density at radius 2 is 1.50 bits per heavy atom. The summed E-state index contributed by atoms with van der Waals surface area (Å²) in [4.78, 5) is 4.42. The maximum atomic E-state index is 8.66. The first kappa shape index (κ1) is 19.7. The molecular weight excluding hydrogens is 388 g/mol. The molecular formula is C30H22N2. The molecule has 1 aromatic heterocycles. The highest BCUT2D eigenvalue weighted by Gasteiger charge is 2.12. The van der Waals surface area contributed by atoms with E-state index in [-0.39, 0.29) is 0 Å². The van der Waals surface area contributed by atoms with Gasteiger partial charge in [-0.05, 0) is 51.2 Å². The zero-order valence-corrected chi connectivity index (χ0v) is 17.6. The number of hydrogen-bond acceptors (Lipinski definition) is 2. The fourth-order valence-electron chi connectivity index (χ4n) is 4.05. The molecule has 0 aliphatic carbocycles. The van der Waals surface area contributed by atoms with Gasteiger partial charge in [0.25, 0.3) is 0 Å². The molecule has 5 rings (SSSR count). The number of benzene rings is 4. The maximum Gasteiger partial charge on any atom is 0.0707 e. The lowest BCUT2D eigenvalue weighted by Gasteiger charge is -2.14. The average molecular weight is 411 g/mol. The summed E-state index contributed by atoms with van der Waals surface area (Å²) in [5.41, 5.74) is 6.25. The first-order valence-electron chi connectivity index (χ1n) is 10.6. The van der Waals surface area contributed by atoms with Gasteiger partial charge >= 0.3 is 0 Å². The van der Waals surface area contributed by atoms with E-state index < -0.39 is 0 Å². The van der Waals surface area contributed by atoms with E-state index in [0.717, 1.165) is 33.2 Å². The Bertz CT molecular complexity index is 1500. The molecule has 4 aromatic carbocycles. The van der Waals surface area contributed by atoms with Crippen LogP contribution in [0.4, 0.5) is 0 Å². The van der Waals surface area contributed by atoms with E-state index in [1.54, 1.807) is 6.20 Å². The minimum absolute atomic E-state index is 0.388. The second kappa shape index (κ2) is 8.44. The fourth-order valence-corrected chi connectivity index (χ4v) is 4.05. The standard InChI is InChI=1S/C30H22N2/c1-21(29(31)18-16-22-15-17-24-10-7-19-32-30(24)20-22)25-11-4-5-13-27(25)28-14-6-9-23-8-2-3-12-26(23)28/h2-20,31H,1H2. The van der Waals surface area contributed by atoms with Crippen molar-refractivity contribution in [2.24, 2.45) is 0 Å². The molecule has 5 aromatic rings. The molecule has 0 saturated heterocycles. The molecule has 0 saturated carbocycles. The van der Waals surface area contributed by atoms with Crippen LogP contribution in [0.5, 0.6) is 0 Å².